The molecule has 0 saturated heterocycles. The highest BCUT2D eigenvalue weighted by Crippen LogP contribution is 2.14. The summed E-state index contributed by atoms with van der Waals surface area (Å²) >= 11 is 5.10. The second kappa shape index (κ2) is 7.85. The molecule has 20 heavy (non-hydrogen) atoms. The third-order valence-electron chi connectivity index (χ3n) is 2.68. The zero-order chi connectivity index (χ0) is 15.1. The zero-order valence-corrected chi connectivity index (χ0v) is 13.2. The molecular weight excluding hydrogens is 272 g/mol. The number of nitrogens with one attached hydrogen (secondary N) is 2. The molecule has 0 radical (unpaired) electrons. The molecule has 0 spiro atoms. The highest BCUT2D eigenvalue weighted by atomic mass is 32.1. The third kappa shape index (κ3) is 5.57. The maximum absolute atomic E-state index is 12.1. The van der Waals surface area contributed by atoms with Crippen molar-refractivity contribution in [2.45, 2.75) is 46.3 Å². The number of benzene rings is 1. The van der Waals surface area contributed by atoms with Gasteiger partial charge >= 0.3 is 0 Å². The van der Waals surface area contributed by atoms with Gasteiger partial charge in [0.15, 0.2) is 5.11 Å². The fourth-order valence-corrected chi connectivity index (χ4v) is 1.81. The first kappa shape index (κ1) is 16.4. The van der Waals surface area contributed by atoms with Gasteiger partial charge in [-0.25, -0.2) is 0 Å². The Balaban J connectivity index is 2.65. The van der Waals surface area contributed by atoms with Crippen LogP contribution in [0.25, 0.3) is 0 Å². The van der Waals surface area contributed by atoms with Gasteiger partial charge in [0.05, 0.1) is 6.10 Å². The van der Waals surface area contributed by atoms with Gasteiger partial charge in [0, 0.05) is 11.6 Å². The lowest BCUT2D eigenvalue weighted by atomic mass is 10.2. The SMILES string of the molecule is CCC(C)NC(=S)NC(=O)c1cccc(OC(C)C)c1. The van der Waals surface area contributed by atoms with E-state index in [4.69, 9.17) is 17.0 Å². The van der Waals surface area contributed by atoms with Crippen LogP contribution in [0, 0.1) is 0 Å². The van der Waals surface area contributed by atoms with Crippen LogP contribution in [0.5, 0.6) is 5.75 Å². The van der Waals surface area contributed by atoms with Crippen LogP contribution < -0.4 is 15.4 Å². The minimum absolute atomic E-state index is 0.0708. The summed E-state index contributed by atoms with van der Waals surface area (Å²) in [6, 6.07) is 7.29. The maximum Gasteiger partial charge on any atom is 0.257 e. The van der Waals surface area contributed by atoms with Crippen molar-refractivity contribution in [3.63, 3.8) is 0 Å². The molecule has 1 amide bonds. The second-order valence-electron chi connectivity index (χ2n) is 4.93. The van der Waals surface area contributed by atoms with Crippen LogP contribution >= 0.6 is 12.2 Å². The molecule has 5 heteroatoms. The molecule has 4 nitrogen and oxygen atoms in total. The van der Waals surface area contributed by atoms with Crippen molar-refractivity contribution in [3.05, 3.63) is 29.8 Å². The van der Waals surface area contributed by atoms with E-state index in [9.17, 15) is 4.79 Å². The molecular formula is C15H22N2O2S. The Kier molecular flexibility index (Phi) is 6.45. The maximum atomic E-state index is 12.1. The van der Waals surface area contributed by atoms with E-state index in [0.29, 0.717) is 16.4 Å². The van der Waals surface area contributed by atoms with Crippen LogP contribution in [0.4, 0.5) is 0 Å². The third-order valence-corrected chi connectivity index (χ3v) is 2.90. The normalized spacial score (nSPS) is 11.8. The minimum atomic E-state index is -0.236. The zero-order valence-electron chi connectivity index (χ0n) is 12.4. The molecule has 110 valence electrons. The molecule has 1 aromatic rings. The van der Waals surface area contributed by atoms with E-state index < -0.39 is 0 Å². The van der Waals surface area contributed by atoms with E-state index in [1.165, 1.54) is 0 Å². The molecule has 0 aliphatic carbocycles. The van der Waals surface area contributed by atoms with Gasteiger partial charge in [-0.2, -0.15) is 0 Å². The number of hydrogen-bond donors (Lipinski definition) is 2. The van der Waals surface area contributed by atoms with Gasteiger partial charge in [-0.3, -0.25) is 10.1 Å². The first-order valence-electron chi connectivity index (χ1n) is 6.81. The molecule has 0 aliphatic rings. The van der Waals surface area contributed by atoms with E-state index in [-0.39, 0.29) is 18.1 Å². The quantitative estimate of drug-likeness (QED) is 0.820. The van der Waals surface area contributed by atoms with E-state index in [1.807, 2.05) is 26.8 Å². The van der Waals surface area contributed by atoms with Crippen molar-refractivity contribution < 1.29 is 9.53 Å². The summed E-state index contributed by atoms with van der Waals surface area (Å²) in [5.74, 6) is 0.438. The van der Waals surface area contributed by atoms with Gasteiger partial charge in [-0.15, -0.1) is 0 Å². The molecule has 1 aromatic carbocycles. The molecule has 2 N–H and O–H groups in total. The lowest BCUT2D eigenvalue weighted by Gasteiger charge is -2.15. The van der Waals surface area contributed by atoms with Crippen molar-refractivity contribution in [3.8, 4) is 5.75 Å². The first-order chi connectivity index (χ1) is 9.42. The Morgan fingerprint density at radius 3 is 2.65 bits per heavy atom. The van der Waals surface area contributed by atoms with E-state index in [0.717, 1.165) is 6.42 Å². The highest BCUT2D eigenvalue weighted by molar-refractivity contribution is 7.80. The second-order valence-corrected chi connectivity index (χ2v) is 5.34. The fourth-order valence-electron chi connectivity index (χ4n) is 1.52. The Hall–Kier alpha value is -1.62. The average Bonchev–Trinajstić information content (AvgIpc) is 2.37. The standard InChI is InChI=1S/C15H22N2O2S/c1-5-11(4)16-15(20)17-14(18)12-7-6-8-13(9-12)19-10(2)3/h6-11H,5H2,1-4H3,(H2,16,17,18,20). The minimum Gasteiger partial charge on any atom is -0.491 e. The van der Waals surface area contributed by atoms with Gasteiger partial charge in [0.2, 0.25) is 0 Å². The largest absolute Gasteiger partial charge is 0.491 e. The molecule has 1 unspecified atom stereocenters. The van der Waals surface area contributed by atoms with Crippen LogP contribution in [0.3, 0.4) is 0 Å². The summed E-state index contributed by atoms with van der Waals surface area (Å²) in [5.41, 5.74) is 0.524. The van der Waals surface area contributed by atoms with Gasteiger partial charge in [0.1, 0.15) is 5.75 Å². The van der Waals surface area contributed by atoms with E-state index >= 15 is 0 Å². The molecule has 0 fully saturated rings. The van der Waals surface area contributed by atoms with Crippen molar-refractivity contribution >= 4 is 23.2 Å². The predicted octanol–water partition coefficient (Wildman–Crippen LogP) is 2.88. The number of carbonyl (C=O) groups is 1. The number of rotatable bonds is 5. The van der Waals surface area contributed by atoms with Crippen LogP contribution in [-0.2, 0) is 0 Å². The Morgan fingerprint density at radius 2 is 2.05 bits per heavy atom. The molecule has 0 heterocycles. The van der Waals surface area contributed by atoms with Gasteiger partial charge in [0.25, 0.3) is 5.91 Å². The van der Waals surface area contributed by atoms with Crippen LogP contribution in [0.1, 0.15) is 44.5 Å². The molecule has 0 aromatic heterocycles. The monoisotopic (exact) mass is 294 g/mol. The number of hydrogen-bond acceptors (Lipinski definition) is 3. The van der Waals surface area contributed by atoms with Crippen molar-refractivity contribution in [1.82, 2.24) is 10.6 Å². The summed E-state index contributed by atoms with van der Waals surface area (Å²) in [6.45, 7) is 7.94. The number of carbonyl (C=O) groups excluding carboxylic acids is 1. The smallest absolute Gasteiger partial charge is 0.257 e. The summed E-state index contributed by atoms with van der Waals surface area (Å²) in [6.07, 6.45) is 1.01. The lowest BCUT2D eigenvalue weighted by molar-refractivity contribution is 0.0975. The van der Waals surface area contributed by atoms with Crippen LogP contribution in [-0.4, -0.2) is 23.2 Å². The van der Waals surface area contributed by atoms with E-state index in [2.05, 4.69) is 17.6 Å². The predicted molar refractivity (Wildman–Crippen MR) is 85.2 cm³/mol. The van der Waals surface area contributed by atoms with Crippen LogP contribution in [0.2, 0.25) is 0 Å². The Labute approximate surface area is 125 Å². The summed E-state index contributed by atoms with van der Waals surface area (Å²) in [5, 5.41) is 6.06. The van der Waals surface area contributed by atoms with Gasteiger partial charge in [-0.1, -0.05) is 13.0 Å². The number of amides is 1. The molecule has 1 atom stereocenters. The molecule has 0 saturated carbocycles. The Bertz CT molecular complexity index is 475. The fraction of sp³-hybridized carbons (Fsp3) is 0.467. The lowest BCUT2D eigenvalue weighted by Crippen LogP contribution is -2.43. The topological polar surface area (TPSA) is 50.4 Å². The summed E-state index contributed by atoms with van der Waals surface area (Å²) in [7, 11) is 0. The average molecular weight is 294 g/mol. The number of ether oxygens (including phenoxy) is 1. The molecule has 0 bridgehead atoms. The Morgan fingerprint density at radius 1 is 1.35 bits per heavy atom. The summed E-state index contributed by atoms with van der Waals surface area (Å²) < 4.78 is 5.56. The van der Waals surface area contributed by atoms with Crippen molar-refractivity contribution in [1.29, 1.82) is 0 Å². The molecule has 1 rings (SSSR count). The highest BCUT2D eigenvalue weighted by Gasteiger charge is 2.10. The van der Waals surface area contributed by atoms with Gasteiger partial charge < -0.3 is 10.1 Å². The van der Waals surface area contributed by atoms with Crippen LogP contribution in [0.15, 0.2) is 24.3 Å². The van der Waals surface area contributed by atoms with Crippen molar-refractivity contribution in [2.24, 2.45) is 0 Å². The number of thiocarbonyl (C=S) groups is 1. The van der Waals surface area contributed by atoms with E-state index in [1.54, 1.807) is 18.2 Å². The molecule has 0 aliphatic heterocycles. The summed E-state index contributed by atoms with van der Waals surface area (Å²) in [4.78, 5) is 12.1. The first-order valence-corrected chi connectivity index (χ1v) is 7.21. The van der Waals surface area contributed by atoms with Gasteiger partial charge in [-0.05, 0) is 57.6 Å². The van der Waals surface area contributed by atoms with Crippen molar-refractivity contribution in [2.75, 3.05) is 0 Å².